The van der Waals surface area contributed by atoms with Crippen molar-refractivity contribution in [2.45, 2.75) is 0 Å². The summed E-state index contributed by atoms with van der Waals surface area (Å²) in [7, 11) is 0. The van der Waals surface area contributed by atoms with E-state index in [9.17, 15) is 0 Å². The number of anilines is 2. The van der Waals surface area contributed by atoms with Gasteiger partial charge in [0.1, 0.15) is 11.6 Å². The fourth-order valence-corrected chi connectivity index (χ4v) is 0.469. The van der Waals surface area contributed by atoms with E-state index >= 15 is 0 Å². The van der Waals surface area contributed by atoms with Crippen molar-refractivity contribution in [1.29, 1.82) is 0 Å². The summed E-state index contributed by atoms with van der Waals surface area (Å²) in [4.78, 5) is 3.73. The molecule has 0 atom stereocenters. The van der Waals surface area contributed by atoms with Crippen molar-refractivity contribution in [3.63, 3.8) is 0 Å². The number of rotatable bonds is 0. The fraction of sp³-hybridized carbons (Fsp3) is 0. The number of nitrogens with zero attached hydrogens (tertiary/aromatic N) is 1. The number of hydrogen-bond donors (Lipinski definition) is 4. The van der Waals surface area contributed by atoms with E-state index in [1.54, 1.807) is 18.2 Å². The lowest BCUT2D eigenvalue weighted by atomic mass is 10.4. The average Bonchev–Trinajstić information content (AvgIpc) is 1.64. The van der Waals surface area contributed by atoms with Gasteiger partial charge in [-0.05, 0) is 12.1 Å². The van der Waals surface area contributed by atoms with Crippen LogP contribution in [0.25, 0.3) is 0 Å². The largest absolute Gasteiger partial charge is 0.384 e. The van der Waals surface area contributed by atoms with Gasteiger partial charge in [0, 0.05) is 0 Å². The van der Waals surface area contributed by atoms with Crippen LogP contribution in [0.4, 0.5) is 11.6 Å². The summed E-state index contributed by atoms with van der Waals surface area (Å²) >= 11 is 0. The predicted octanol–water partition coefficient (Wildman–Crippen LogP) is 0.570. The highest BCUT2D eigenvalue weighted by atomic mass is 14.9. The first-order valence-corrected chi connectivity index (χ1v) is 2.27. The second-order valence-electron chi connectivity index (χ2n) is 1.49. The summed E-state index contributed by atoms with van der Waals surface area (Å²) in [5, 5.41) is 0. The third-order valence-corrected chi connectivity index (χ3v) is 0.792. The first kappa shape index (κ1) is 11.5. The summed E-state index contributed by atoms with van der Waals surface area (Å²) < 4.78 is 0. The highest BCUT2D eigenvalue weighted by molar-refractivity contribution is 5.37. The van der Waals surface area contributed by atoms with Crippen molar-refractivity contribution in [2.75, 3.05) is 11.5 Å². The van der Waals surface area contributed by atoms with Crippen LogP contribution >= 0.6 is 0 Å². The van der Waals surface area contributed by atoms with E-state index in [4.69, 9.17) is 11.5 Å². The topological polar surface area (TPSA) is 135 Å². The summed E-state index contributed by atoms with van der Waals surface area (Å²) in [5.74, 6) is 0.926. The van der Waals surface area contributed by atoms with Gasteiger partial charge in [0.25, 0.3) is 0 Å². The normalized spacial score (nSPS) is 7.20. The summed E-state index contributed by atoms with van der Waals surface area (Å²) in [6.45, 7) is 0. The van der Waals surface area contributed by atoms with Crippen LogP contribution in [0.3, 0.4) is 0 Å². The minimum absolute atomic E-state index is 0. The smallest absolute Gasteiger partial charge is 0.125 e. The summed E-state index contributed by atoms with van der Waals surface area (Å²) in [6, 6.07) is 5.14. The molecule has 10 N–H and O–H groups in total. The van der Waals surface area contributed by atoms with Gasteiger partial charge >= 0.3 is 0 Å². The quantitative estimate of drug-likeness (QED) is 0.421. The van der Waals surface area contributed by atoms with Gasteiger partial charge < -0.3 is 23.8 Å². The molecule has 58 valence electrons. The molecule has 0 aliphatic heterocycles. The van der Waals surface area contributed by atoms with Crippen LogP contribution < -0.4 is 23.8 Å². The number of nitrogen functional groups attached to an aromatic ring is 2. The zero-order valence-corrected chi connectivity index (χ0v) is 5.75. The highest BCUT2D eigenvalue weighted by Crippen LogP contribution is 1.99. The molecule has 5 heteroatoms. The van der Waals surface area contributed by atoms with Crippen molar-refractivity contribution >= 4 is 11.6 Å². The Morgan fingerprint density at radius 3 is 1.60 bits per heavy atom. The molecule has 1 aromatic rings. The average molecular weight is 143 g/mol. The first-order chi connectivity index (χ1) is 3.79. The van der Waals surface area contributed by atoms with E-state index in [-0.39, 0.29) is 12.3 Å². The lowest BCUT2D eigenvalue weighted by Crippen LogP contribution is -1.93. The maximum Gasteiger partial charge on any atom is 0.125 e. The van der Waals surface area contributed by atoms with Crippen LogP contribution in [0.5, 0.6) is 0 Å². The maximum atomic E-state index is 5.27. The first-order valence-electron chi connectivity index (χ1n) is 2.27. The van der Waals surface area contributed by atoms with E-state index in [2.05, 4.69) is 4.98 Å². The standard InChI is InChI=1S/C5H7N3.2H3N/c6-4-2-1-3-5(7)8-4;;/h1-3H,(H4,6,7,8);2*1H3. The SMILES string of the molecule is N.N.Nc1cccc(N)n1. The van der Waals surface area contributed by atoms with Crippen LogP contribution in [0.1, 0.15) is 0 Å². The molecule has 0 bridgehead atoms. The molecule has 0 radical (unpaired) electrons. The van der Waals surface area contributed by atoms with Gasteiger partial charge in [-0.25, -0.2) is 4.98 Å². The van der Waals surface area contributed by atoms with Gasteiger partial charge in [-0.3, -0.25) is 0 Å². The molecule has 1 aromatic heterocycles. The van der Waals surface area contributed by atoms with Crippen molar-refractivity contribution in [1.82, 2.24) is 17.3 Å². The molecule has 0 fully saturated rings. The molecular weight excluding hydrogens is 130 g/mol. The molecule has 10 heavy (non-hydrogen) atoms. The summed E-state index contributed by atoms with van der Waals surface area (Å²) in [5.41, 5.74) is 10.5. The molecule has 5 nitrogen and oxygen atoms in total. The Kier molecular flexibility index (Phi) is 5.20. The van der Waals surface area contributed by atoms with Crippen LogP contribution in [0.15, 0.2) is 18.2 Å². The molecular formula is C5H13N5. The van der Waals surface area contributed by atoms with Gasteiger partial charge in [0.05, 0.1) is 0 Å². The molecule has 0 aromatic carbocycles. The predicted molar refractivity (Wildman–Crippen MR) is 43.1 cm³/mol. The van der Waals surface area contributed by atoms with Gasteiger partial charge in [0.2, 0.25) is 0 Å². The number of aromatic nitrogens is 1. The van der Waals surface area contributed by atoms with Crippen LogP contribution in [0, 0.1) is 0 Å². The zero-order valence-electron chi connectivity index (χ0n) is 5.75. The minimum Gasteiger partial charge on any atom is -0.384 e. The lowest BCUT2D eigenvalue weighted by molar-refractivity contribution is 1.34. The molecule has 0 saturated carbocycles. The van der Waals surface area contributed by atoms with Gasteiger partial charge in [-0.1, -0.05) is 6.07 Å². The number of hydrogen-bond acceptors (Lipinski definition) is 5. The Morgan fingerprint density at radius 2 is 1.40 bits per heavy atom. The van der Waals surface area contributed by atoms with E-state index < -0.39 is 0 Å². The van der Waals surface area contributed by atoms with Crippen molar-refractivity contribution in [3.05, 3.63) is 18.2 Å². The monoisotopic (exact) mass is 143 g/mol. The number of nitrogens with two attached hydrogens (primary N) is 2. The highest BCUT2D eigenvalue weighted by Gasteiger charge is 1.83. The Morgan fingerprint density at radius 1 is 1.00 bits per heavy atom. The molecule has 1 heterocycles. The lowest BCUT2D eigenvalue weighted by Gasteiger charge is -1.90. The Balaban J connectivity index is 0. The molecule has 1 rings (SSSR count). The van der Waals surface area contributed by atoms with Crippen molar-refractivity contribution in [3.8, 4) is 0 Å². The maximum absolute atomic E-state index is 5.27. The fourth-order valence-electron chi connectivity index (χ4n) is 0.469. The Labute approximate surface area is 59.6 Å². The Bertz CT molecular complexity index is 170. The van der Waals surface area contributed by atoms with E-state index in [1.165, 1.54) is 0 Å². The van der Waals surface area contributed by atoms with Crippen LogP contribution in [-0.4, -0.2) is 4.98 Å². The third-order valence-electron chi connectivity index (χ3n) is 0.792. The van der Waals surface area contributed by atoms with Gasteiger partial charge in [-0.15, -0.1) is 0 Å². The third kappa shape index (κ3) is 2.85. The number of pyridine rings is 1. The second kappa shape index (κ2) is 4.54. The van der Waals surface area contributed by atoms with Crippen molar-refractivity contribution in [2.24, 2.45) is 0 Å². The van der Waals surface area contributed by atoms with Gasteiger partial charge in [0.15, 0.2) is 0 Å². The van der Waals surface area contributed by atoms with Crippen LogP contribution in [0.2, 0.25) is 0 Å². The zero-order chi connectivity index (χ0) is 5.98. The van der Waals surface area contributed by atoms with Gasteiger partial charge in [-0.2, -0.15) is 0 Å². The summed E-state index contributed by atoms with van der Waals surface area (Å²) in [6.07, 6.45) is 0. The minimum atomic E-state index is 0. The molecule has 0 saturated heterocycles. The molecule has 0 aliphatic rings. The Hall–Kier alpha value is -1.33. The van der Waals surface area contributed by atoms with E-state index in [1.807, 2.05) is 0 Å². The molecule has 0 amide bonds. The van der Waals surface area contributed by atoms with Crippen molar-refractivity contribution < 1.29 is 0 Å². The van der Waals surface area contributed by atoms with E-state index in [0.717, 1.165) is 0 Å². The van der Waals surface area contributed by atoms with Crippen LogP contribution in [-0.2, 0) is 0 Å². The second-order valence-corrected chi connectivity index (χ2v) is 1.49. The molecule has 0 spiro atoms. The molecule has 0 unspecified atom stereocenters. The molecule has 0 aliphatic carbocycles. The van der Waals surface area contributed by atoms with E-state index in [0.29, 0.717) is 11.6 Å².